The maximum atomic E-state index is 11.1. The van der Waals surface area contributed by atoms with Gasteiger partial charge in [0.25, 0.3) is 0 Å². The molecule has 2 nitrogen and oxygen atoms in total. The topological polar surface area (TPSA) is 26.3 Å². The van der Waals surface area contributed by atoms with E-state index >= 15 is 0 Å². The summed E-state index contributed by atoms with van der Waals surface area (Å²) in [6.45, 7) is 2.08. The van der Waals surface area contributed by atoms with Crippen molar-refractivity contribution in [2.45, 2.75) is 6.92 Å². The summed E-state index contributed by atoms with van der Waals surface area (Å²) in [5.74, 6) is -0.338. The Bertz CT molecular complexity index is 582. The van der Waals surface area contributed by atoms with Crippen LogP contribution in [0.3, 0.4) is 0 Å². The number of ether oxygens (including phenoxy) is 1. The van der Waals surface area contributed by atoms with Gasteiger partial charge in [-0.2, -0.15) is 0 Å². The summed E-state index contributed by atoms with van der Waals surface area (Å²) in [6, 6.07) is 12.2. The van der Waals surface area contributed by atoms with Crippen LogP contribution in [0.15, 0.2) is 42.5 Å². The maximum absolute atomic E-state index is 11.1. The SMILES string of the molecule is COC(=O)/C=C/c1ccc(C)c2ccccc12. The molecule has 2 aromatic rings. The smallest absolute Gasteiger partial charge is 0.330 e. The molecule has 0 aliphatic carbocycles. The van der Waals surface area contributed by atoms with Crippen molar-refractivity contribution in [3.05, 3.63) is 53.6 Å². The summed E-state index contributed by atoms with van der Waals surface area (Å²) in [5, 5.41) is 2.35. The first kappa shape index (κ1) is 11.4. The van der Waals surface area contributed by atoms with Crippen LogP contribution < -0.4 is 0 Å². The zero-order chi connectivity index (χ0) is 12.3. The van der Waals surface area contributed by atoms with Gasteiger partial charge in [0.15, 0.2) is 0 Å². The van der Waals surface area contributed by atoms with Crippen molar-refractivity contribution in [1.82, 2.24) is 0 Å². The Labute approximate surface area is 101 Å². The number of aryl methyl sites for hydroxylation is 1. The van der Waals surface area contributed by atoms with Gasteiger partial charge in [-0.05, 0) is 34.9 Å². The number of fused-ring (bicyclic) bond motifs is 1. The standard InChI is InChI=1S/C15H14O2/c1-11-7-8-12(9-10-15(16)17-2)14-6-4-3-5-13(11)14/h3-10H,1-2H3/b10-9+. The van der Waals surface area contributed by atoms with E-state index < -0.39 is 0 Å². The van der Waals surface area contributed by atoms with Crippen molar-refractivity contribution in [2.24, 2.45) is 0 Å². The second kappa shape index (κ2) is 4.83. The lowest BCUT2D eigenvalue weighted by Crippen LogP contribution is -1.93. The molecule has 0 saturated heterocycles. The van der Waals surface area contributed by atoms with E-state index in [9.17, 15) is 4.79 Å². The fourth-order valence-corrected chi connectivity index (χ4v) is 1.84. The Kier molecular flexibility index (Phi) is 3.24. The van der Waals surface area contributed by atoms with E-state index in [1.807, 2.05) is 18.2 Å². The Morgan fingerprint density at radius 1 is 1.12 bits per heavy atom. The van der Waals surface area contributed by atoms with E-state index in [4.69, 9.17) is 0 Å². The molecule has 0 N–H and O–H groups in total. The lowest BCUT2D eigenvalue weighted by Gasteiger charge is -2.05. The van der Waals surface area contributed by atoms with Gasteiger partial charge < -0.3 is 4.74 Å². The minimum Gasteiger partial charge on any atom is -0.466 e. The fourth-order valence-electron chi connectivity index (χ4n) is 1.84. The van der Waals surface area contributed by atoms with Crippen LogP contribution in [0.5, 0.6) is 0 Å². The minimum absolute atomic E-state index is 0.338. The molecule has 0 spiro atoms. The monoisotopic (exact) mass is 226 g/mol. The molecule has 0 amide bonds. The highest BCUT2D eigenvalue weighted by Crippen LogP contribution is 2.23. The van der Waals surface area contributed by atoms with Crippen LogP contribution in [-0.4, -0.2) is 13.1 Å². The van der Waals surface area contributed by atoms with Crippen LogP contribution in [0.4, 0.5) is 0 Å². The summed E-state index contributed by atoms with van der Waals surface area (Å²) in [7, 11) is 1.37. The van der Waals surface area contributed by atoms with Crippen molar-refractivity contribution in [1.29, 1.82) is 0 Å². The fraction of sp³-hybridized carbons (Fsp3) is 0.133. The predicted octanol–water partition coefficient (Wildman–Crippen LogP) is 3.33. The normalized spacial score (nSPS) is 10.9. The molecule has 0 aliphatic rings. The second-order valence-electron chi connectivity index (χ2n) is 3.87. The number of hydrogen-bond acceptors (Lipinski definition) is 2. The summed E-state index contributed by atoms with van der Waals surface area (Å²) >= 11 is 0. The summed E-state index contributed by atoms with van der Waals surface area (Å²) in [4.78, 5) is 11.1. The van der Waals surface area contributed by atoms with Crippen LogP contribution in [0.2, 0.25) is 0 Å². The molecular weight excluding hydrogens is 212 g/mol. The third-order valence-electron chi connectivity index (χ3n) is 2.78. The van der Waals surface area contributed by atoms with Gasteiger partial charge in [-0.1, -0.05) is 36.4 Å². The number of esters is 1. The number of carbonyl (C=O) groups excluding carboxylic acids is 1. The zero-order valence-corrected chi connectivity index (χ0v) is 9.94. The van der Waals surface area contributed by atoms with Crippen molar-refractivity contribution >= 4 is 22.8 Å². The van der Waals surface area contributed by atoms with E-state index in [1.165, 1.54) is 24.1 Å². The largest absolute Gasteiger partial charge is 0.466 e. The van der Waals surface area contributed by atoms with Crippen molar-refractivity contribution in [2.75, 3.05) is 7.11 Å². The lowest BCUT2D eigenvalue weighted by atomic mass is 10.00. The first-order valence-corrected chi connectivity index (χ1v) is 5.47. The van der Waals surface area contributed by atoms with Gasteiger partial charge in [-0.25, -0.2) is 4.79 Å². The summed E-state index contributed by atoms with van der Waals surface area (Å²) in [5.41, 5.74) is 2.26. The average molecular weight is 226 g/mol. The minimum atomic E-state index is -0.338. The highest BCUT2D eigenvalue weighted by molar-refractivity contribution is 5.96. The average Bonchev–Trinajstić information content (AvgIpc) is 2.38. The molecular formula is C15H14O2. The van der Waals surface area contributed by atoms with Gasteiger partial charge in [0.05, 0.1) is 7.11 Å². The number of hydrogen-bond donors (Lipinski definition) is 0. The van der Waals surface area contributed by atoms with E-state index in [-0.39, 0.29) is 5.97 Å². The van der Waals surface area contributed by atoms with Crippen LogP contribution in [-0.2, 0) is 9.53 Å². The maximum Gasteiger partial charge on any atom is 0.330 e. The predicted molar refractivity (Wildman–Crippen MR) is 69.7 cm³/mol. The second-order valence-corrected chi connectivity index (χ2v) is 3.87. The van der Waals surface area contributed by atoms with Gasteiger partial charge in [-0.15, -0.1) is 0 Å². The molecule has 0 fully saturated rings. The molecule has 0 saturated carbocycles. The lowest BCUT2D eigenvalue weighted by molar-refractivity contribution is -0.134. The van der Waals surface area contributed by atoms with Gasteiger partial charge in [-0.3, -0.25) is 0 Å². The van der Waals surface area contributed by atoms with E-state index in [0.717, 1.165) is 10.9 Å². The Balaban J connectivity index is 2.52. The highest BCUT2D eigenvalue weighted by atomic mass is 16.5. The quantitative estimate of drug-likeness (QED) is 0.580. The van der Waals surface area contributed by atoms with Crippen molar-refractivity contribution in [3.63, 3.8) is 0 Å². The van der Waals surface area contributed by atoms with Crippen LogP contribution in [0.1, 0.15) is 11.1 Å². The van der Waals surface area contributed by atoms with Crippen LogP contribution in [0, 0.1) is 6.92 Å². The van der Waals surface area contributed by atoms with Gasteiger partial charge in [0.1, 0.15) is 0 Å². The Morgan fingerprint density at radius 2 is 1.82 bits per heavy atom. The molecule has 86 valence electrons. The number of rotatable bonds is 2. The molecule has 0 bridgehead atoms. The Hall–Kier alpha value is -2.09. The number of benzene rings is 2. The third kappa shape index (κ3) is 2.36. The summed E-state index contributed by atoms with van der Waals surface area (Å²) in [6.07, 6.45) is 3.23. The van der Waals surface area contributed by atoms with E-state index in [0.29, 0.717) is 0 Å². The molecule has 17 heavy (non-hydrogen) atoms. The molecule has 0 aliphatic heterocycles. The van der Waals surface area contributed by atoms with E-state index in [1.54, 1.807) is 6.08 Å². The molecule has 0 heterocycles. The molecule has 0 atom stereocenters. The first-order chi connectivity index (χ1) is 8.22. The highest BCUT2D eigenvalue weighted by Gasteiger charge is 2.01. The van der Waals surface area contributed by atoms with E-state index in [2.05, 4.69) is 29.9 Å². The molecule has 0 radical (unpaired) electrons. The zero-order valence-electron chi connectivity index (χ0n) is 9.94. The molecule has 2 aromatic carbocycles. The molecule has 0 aromatic heterocycles. The number of carbonyl (C=O) groups is 1. The summed E-state index contributed by atoms with van der Waals surface area (Å²) < 4.78 is 4.58. The van der Waals surface area contributed by atoms with Crippen molar-refractivity contribution < 1.29 is 9.53 Å². The van der Waals surface area contributed by atoms with Gasteiger partial charge in [0.2, 0.25) is 0 Å². The van der Waals surface area contributed by atoms with Gasteiger partial charge in [0, 0.05) is 6.08 Å². The third-order valence-corrected chi connectivity index (χ3v) is 2.78. The van der Waals surface area contributed by atoms with Gasteiger partial charge >= 0.3 is 5.97 Å². The first-order valence-electron chi connectivity index (χ1n) is 5.47. The van der Waals surface area contributed by atoms with Crippen LogP contribution >= 0.6 is 0 Å². The molecule has 0 unspecified atom stereocenters. The number of methoxy groups -OCH3 is 1. The van der Waals surface area contributed by atoms with Crippen molar-refractivity contribution in [3.8, 4) is 0 Å². The Morgan fingerprint density at radius 3 is 2.53 bits per heavy atom. The molecule has 2 heteroatoms. The molecule has 2 rings (SSSR count). The van der Waals surface area contributed by atoms with Crippen LogP contribution in [0.25, 0.3) is 16.8 Å².